The summed E-state index contributed by atoms with van der Waals surface area (Å²) in [5, 5.41) is 14.0. The topological polar surface area (TPSA) is 86.7 Å². The minimum atomic E-state index is -2.91. The number of halogens is 1. The molecule has 0 bridgehead atoms. The minimum absolute atomic E-state index is 0.0173. The molecule has 1 saturated heterocycles. The summed E-state index contributed by atoms with van der Waals surface area (Å²) in [6.07, 6.45) is 17.7. The number of alkyl halides is 1. The molecule has 0 aromatic rings. The smallest absolute Gasteiger partial charge is 0.312 e. The van der Waals surface area contributed by atoms with Crippen molar-refractivity contribution in [3.63, 3.8) is 0 Å². The number of hydrogen-bond donors (Lipinski definition) is 2. The quantitative estimate of drug-likeness (QED) is 0.242. The highest BCUT2D eigenvalue weighted by molar-refractivity contribution is 7.91. The molecule has 2 N–H and O–H groups in total. The Labute approximate surface area is 314 Å². The van der Waals surface area contributed by atoms with E-state index in [9.17, 15) is 22.7 Å². The number of nitrogens with one attached hydrogen (secondary N) is 1. The molecule has 292 valence electrons. The molecule has 0 radical (unpaired) electrons. The lowest BCUT2D eigenvalue weighted by Crippen LogP contribution is -2.68. The van der Waals surface area contributed by atoms with Crippen LogP contribution in [0.3, 0.4) is 0 Å². The van der Waals surface area contributed by atoms with E-state index in [-0.39, 0.29) is 33.6 Å². The lowest BCUT2D eigenvalue weighted by atomic mass is 9.33. The fourth-order valence-corrected chi connectivity index (χ4v) is 16.1. The molecule has 7 aliphatic rings. The van der Waals surface area contributed by atoms with Crippen LogP contribution in [-0.2, 0) is 14.6 Å². The summed E-state index contributed by atoms with van der Waals surface area (Å²) in [6.45, 7) is 22.4. The number of fused-ring (bicyclic) bond motifs is 7. The zero-order valence-corrected chi connectivity index (χ0v) is 34.1. The fourth-order valence-electron chi connectivity index (χ4n) is 14.8. The van der Waals surface area contributed by atoms with E-state index < -0.39 is 27.9 Å². The molecule has 4 saturated carbocycles. The van der Waals surface area contributed by atoms with Gasteiger partial charge in [0.05, 0.1) is 16.9 Å². The third-order valence-corrected chi connectivity index (χ3v) is 19.6. The summed E-state index contributed by atoms with van der Waals surface area (Å²) in [7, 11) is -2.91. The van der Waals surface area contributed by atoms with Gasteiger partial charge in [-0.3, -0.25) is 4.79 Å². The van der Waals surface area contributed by atoms with E-state index in [4.69, 9.17) is 0 Å². The predicted octanol–water partition coefficient (Wildman–Crippen LogP) is 8.79. The van der Waals surface area contributed by atoms with Gasteiger partial charge in [0, 0.05) is 25.2 Å². The number of nitrogens with zero attached hydrogens (tertiary/aromatic N) is 1. The van der Waals surface area contributed by atoms with Gasteiger partial charge in [0.25, 0.3) is 0 Å². The Morgan fingerprint density at radius 3 is 2.38 bits per heavy atom. The van der Waals surface area contributed by atoms with E-state index in [2.05, 4.69) is 70.5 Å². The van der Waals surface area contributed by atoms with Crippen molar-refractivity contribution in [2.75, 3.05) is 44.4 Å². The molecule has 7 rings (SSSR count). The molecular weight excluding hydrogens is 672 g/mol. The Bertz CT molecular complexity index is 1620. The summed E-state index contributed by atoms with van der Waals surface area (Å²) in [5.74, 6) is 2.61. The number of sulfone groups is 1. The van der Waals surface area contributed by atoms with Crippen LogP contribution < -0.4 is 5.32 Å². The molecule has 1 heterocycles. The van der Waals surface area contributed by atoms with Crippen molar-refractivity contribution in [2.45, 2.75) is 131 Å². The number of aliphatic carboxylic acids is 1. The molecule has 0 amide bonds. The van der Waals surface area contributed by atoms with Crippen LogP contribution in [0.15, 0.2) is 35.5 Å². The van der Waals surface area contributed by atoms with E-state index in [0.29, 0.717) is 60.5 Å². The maximum absolute atomic E-state index is 14.0. The minimum Gasteiger partial charge on any atom is -0.481 e. The van der Waals surface area contributed by atoms with Gasteiger partial charge in [0.2, 0.25) is 0 Å². The predicted molar refractivity (Wildman–Crippen MR) is 208 cm³/mol. The molecule has 1 aliphatic heterocycles. The molecule has 52 heavy (non-hydrogen) atoms. The van der Waals surface area contributed by atoms with Gasteiger partial charge in [-0.15, -0.1) is 0 Å². The Balaban J connectivity index is 1.13. The lowest BCUT2D eigenvalue weighted by molar-refractivity contribution is -0.221. The van der Waals surface area contributed by atoms with Gasteiger partial charge in [0.1, 0.15) is 6.67 Å². The molecule has 0 aromatic carbocycles. The van der Waals surface area contributed by atoms with E-state index in [0.717, 1.165) is 32.5 Å². The summed E-state index contributed by atoms with van der Waals surface area (Å²) < 4.78 is 38.5. The van der Waals surface area contributed by atoms with E-state index in [1.165, 1.54) is 68.1 Å². The normalized spacial score (nSPS) is 45.6. The first-order valence-corrected chi connectivity index (χ1v) is 22.7. The molecule has 6 aliphatic carbocycles. The molecular formula is C44H69FN2O4S. The summed E-state index contributed by atoms with van der Waals surface area (Å²) in [4.78, 5) is 14.4. The first-order valence-electron chi connectivity index (χ1n) is 20.9. The Morgan fingerprint density at radius 2 is 1.71 bits per heavy atom. The summed E-state index contributed by atoms with van der Waals surface area (Å²) in [5.41, 5.74) is 3.59. The molecule has 5 fully saturated rings. The van der Waals surface area contributed by atoms with E-state index in [1.807, 2.05) is 0 Å². The number of carboxylic acids is 1. The van der Waals surface area contributed by atoms with Crippen molar-refractivity contribution in [1.82, 2.24) is 10.2 Å². The van der Waals surface area contributed by atoms with E-state index >= 15 is 0 Å². The highest BCUT2D eigenvalue weighted by Gasteiger charge is 2.70. The van der Waals surface area contributed by atoms with Crippen molar-refractivity contribution < 1.29 is 22.7 Å². The van der Waals surface area contributed by atoms with Crippen molar-refractivity contribution in [3.8, 4) is 0 Å². The molecule has 10 atom stereocenters. The highest BCUT2D eigenvalue weighted by atomic mass is 32.2. The molecule has 3 unspecified atom stereocenters. The first-order chi connectivity index (χ1) is 24.4. The third-order valence-electron chi connectivity index (χ3n) is 17.9. The van der Waals surface area contributed by atoms with Crippen molar-refractivity contribution in [3.05, 3.63) is 35.5 Å². The van der Waals surface area contributed by atoms with Crippen LogP contribution in [0, 0.1) is 56.7 Å². The monoisotopic (exact) mass is 740 g/mol. The van der Waals surface area contributed by atoms with Crippen LogP contribution in [0.1, 0.15) is 125 Å². The van der Waals surface area contributed by atoms with Gasteiger partial charge in [-0.1, -0.05) is 58.9 Å². The second kappa shape index (κ2) is 13.3. The maximum atomic E-state index is 14.0. The van der Waals surface area contributed by atoms with E-state index in [1.54, 1.807) is 0 Å². The average Bonchev–Trinajstić information content (AvgIpc) is 3.38. The maximum Gasteiger partial charge on any atom is 0.312 e. The van der Waals surface area contributed by atoms with Crippen LogP contribution in [0.5, 0.6) is 0 Å². The number of carboxylic acid groups (broad SMARTS) is 1. The molecule has 8 heteroatoms. The standard InChI is InChI=1S/C44H69FN2O4S/c1-30(2)32-13-20-44(46-23-25-47-24-8-27-52(50,51)28-26-47)22-21-41(6)34(37(32)44)9-10-36-40(5)16-14-33(39(3,4)35(40)15-17-42(36,41)7)31-11-18-43(29-45,19-12-31)38(48)49/h11,14,32,34-37,46H,1,8-10,12-13,15-29H2,2-7H3,(H,48,49)/t32-,34+,35?,36?,37?,40-,41+,42+,43-,44-/m0/s1. The molecule has 0 aromatic heterocycles. The van der Waals surface area contributed by atoms with Crippen molar-refractivity contribution in [2.24, 2.45) is 56.7 Å². The molecule has 0 spiro atoms. The van der Waals surface area contributed by atoms with Crippen LogP contribution in [0.4, 0.5) is 4.39 Å². The highest BCUT2D eigenvalue weighted by Crippen LogP contribution is 2.76. The van der Waals surface area contributed by atoms with Gasteiger partial charge < -0.3 is 15.3 Å². The van der Waals surface area contributed by atoms with Crippen LogP contribution in [-0.4, -0.2) is 74.3 Å². The largest absolute Gasteiger partial charge is 0.481 e. The molecule has 6 nitrogen and oxygen atoms in total. The lowest BCUT2D eigenvalue weighted by Gasteiger charge is -2.72. The number of carbonyl (C=O) groups is 1. The number of rotatable bonds is 8. The Hall–Kier alpha value is -1.51. The van der Waals surface area contributed by atoms with Crippen LogP contribution in [0.25, 0.3) is 0 Å². The zero-order chi connectivity index (χ0) is 37.5. The Kier molecular flexibility index (Phi) is 9.92. The van der Waals surface area contributed by atoms with Gasteiger partial charge >= 0.3 is 5.97 Å². The van der Waals surface area contributed by atoms with Gasteiger partial charge in [-0.05, 0) is 159 Å². The second-order valence-electron chi connectivity index (χ2n) is 20.3. The van der Waals surface area contributed by atoms with Crippen LogP contribution >= 0.6 is 0 Å². The van der Waals surface area contributed by atoms with Crippen LogP contribution in [0.2, 0.25) is 0 Å². The summed E-state index contributed by atoms with van der Waals surface area (Å²) >= 11 is 0. The second-order valence-corrected chi connectivity index (χ2v) is 22.6. The van der Waals surface area contributed by atoms with Gasteiger partial charge in [-0.25, -0.2) is 12.8 Å². The summed E-state index contributed by atoms with van der Waals surface area (Å²) in [6, 6.07) is 0. The first kappa shape index (κ1) is 38.8. The third kappa shape index (κ3) is 5.87. The zero-order valence-electron chi connectivity index (χ0n) is 33.3. The van der Waals surface area contributed by atoms with Crippen molar-refractivity contribution in [1.29, 1.82) is 0 Å². The van der Waals surface area contributed by atoms with Gasteiger partial charge in [0.15, 0.2) is 9.84 Å². The average molecular weight is 741 g/mol. The van der Waals surface area contributed by atoms with Crippen molar-refractivity contribution >= 4 is 15.8 Å². The number of allylic oxidation sites excluding steroid dienone is 5. The fraction of sp³-hybridized carbons (Fsp3) is 0.841. The van der Waals surface area contributed by atoms with Gasteiger partial charge in [-0.2, -0.15) is 0 Å². The number of hydrogen-bond acceptors (Lipinski definition) is 5. The SMILES string of the molecule is C=C(C)[C@@H]1CC[C@]2(NCCN3CCCS(=O)(=O)CC3)CC[C@]3(C)[C@H](CCC4[C@@]5(C)CC=C(C6=CC[C@](CF)(C(=O)O)CC6)C(C)(C)C5CC[C@]43C)C12. The Morgan fingerprint density at radius 1 is 0.942 bits per heavy atom.